The van der Waals surface area contributed by atoms with E-state index in [0.717, 1.165) is 83.4 Å². The summed E-state index contributed by atoms with van der Waals surface area (Å²) in [5.41, 5.74) is 13.6. The lowest BCUT2D eigenvalue weighted by Gasteiger charge is -2.10. The maximum absolute atomic E-state index is 14.7. The van der Waals surface area contributed by atoms with Gasteiger partial charge in [-0.3, -0.25) is 0 Å². The van der Waals surface area contributed by atoms with Crippen molar-refractivity contribution in [2.24, 2.45) is 0 Å². The van der Waals surface area contributed by atoms with E-state index < -0.39 is 0 Å². The highest BCUT2D eigenvalue weighted by Gasteiger charge is 2.22. The third kappa shape index (κ3) is 4.95. The van der Waals surface area contributed by atoms with Crippen molar-refractivity contribution in [2.75, 3.05) is 0 Å². The zero-order chi connectivity index (χ0) is 36.9. The molecule has 8 aromatic carbocycles. The van der Waals surface area contributed by atoms with Crippen LogP contribution in [0, 0.1) is 23.3 Å². The van der Waals surface area contributed by atoms with E-state index >= 15 is 0 Å². The van der Waals surface area contributed by atoms with Crippen LogP contribution < -0.4 is 0 Å². The Kier molecular flexibility index (Phi) is 6.77. The van der Waals surface area contributed by atoms with E-state index in [1.54, 1.807) is 36.4 Å². The van der Waals surface area contributed by atoms with Crippen LogP contribution in [0.15, 0.2) is 158 Å². The van der Waals surface area contributed by atoms with E-state index in [0.29, 0.717) is 11.4 Å². The van der Waals surface area contributed by atoms with Crippen LogP contribution in [-0.4, -0.2) is 9.13 Å². The third-order valence-electron chi connectivity index (χ3n) is 11.1. The van der Waals surface area contributed by atoms with Gasteiger partial charge in [-0.25, -0.2) is 17.6 Å². The molecule has 0 unspecified atom stereocenters. The fourth-order valence-electron chi connectivity index (χ4n) is 8.66. The molecule has 10 aromatic rings. The van der Waals surface area contributed by atoms with Gasteiger partial charge in [-0.15, -0.1) is 0 Å². The number of fused-ring (bicyclic) bond motifs is 9. The number of hydrogen-bond acceptors (Lipinski definition) is 0. The van der Waals surface area contributed by atoms with Gasteiger partial charge in [0.1, 0.15) is 23.3 Å². The number of aromatic nitrogens is 2. The molecule has 2 aromatic heterocycles. The summed E-state index contributed by atoms with van der Waals surface area (Å²) in [7, 11) is 0. The van der Waals surface area contributed by atoms with Gasteiger partial charge in [0.15, 0.2) is 0 Å². The Morgan fingerprint density at radius 2 is 0.691 bits per heavy atom. The quantitative estimate of drug-likeness (QED) is 0.160. The molecule has 6 heteroatoms. The Morgan fingerprint density at radius 3 is 1.13 bits per heavy atom. The minimum absolute atomic E-state index is 0.329. The second-order valence-corrected chi connectivity index (χ2v) is 14.3. The predicted molar refractivity (Wildman–Crippen MR) is 214 cm³/mol. The molecule has 0 bridgehead atoms. The lowest BCUT2D eigenvalue weighted by Crippen LogP contribution is -1.94. The fraction of sp³-hybridized carbons (Fsp3) is 0.0204. The molecule has 0 spiro atoms. The van der Waals surface area contributed by atoms with Crippen molar-refractivity contribution in [3.05, 3.63) is 192 Å². The van der Waals surface area contributed by atoms with Crippen molar-refractivity contribution in [3.63, 3.8) is 0 Å². The summed E-state index contributed by atoms with van der Waals surface area (Å²) >= 11 is 0. The minimum Gasteiger partial charge on any atom is -0.309 e. The minimum atomic E-state index is -0.336. The summed E-state index contributed by atoms with van der Waals surface area (Å²) in [6, 6.07) is 47.9. The van der Waals surface area contributed by atoms with Crippen molar-refractivity contribution < 1.29 is 17.6 Å². The Morgan fingerprint density at radius 1 is 0.327 bits per heavy atom. The molecule has 2 nitrogen and oxygen atoms in total. The number of nitrogens with zero attached hydrogens (tertiary/aromatic N) is 2. The van der Waals surface area contributed by atoms with Gasteiger partial charge in [0.2, 0.25) is 0 Å². The first-order chi connectivity index (χ1) is 26.9. The number of benzene rings is 8. The molecule has 0 saturated carbocycles. The molecule has 0 atom stereocenters. The van der Waals surface area contributed by atoms with Crippen LogP contribution in [0.4, 0.5) is 17.6 Å². The molecule has 55 heavy (non-hydrogen) atoms. The first-order valence-electron chi connectivity index (χ1n) is 18.1. The van der Waals surface area contributed by atoms with Gasteiger partial charge in [-0.1, -0.05) is 48.5 Å². The Hall–Kier alpha value is -6.92. The molecule has 0 aliphatic heterocycles. The molecule has 0 radical (unpaired) electrons. The average Bonchev–Trinajstić information content (AvgIpc) is 3.84. The van der Waals surface area contributed by atoms with Crippen LogP contribution in [0.2, 0.25) is 0 Å². The van der Waals surface area contributed by atoms with E-state index in [1.807, 2.05) is 33.4 Å². The van der Waals surface area contributed by atoms with Gasteiger partial charge in [-0.05, 0) is 160 Å². The Labute approximate surface area is 312 Å². The van der Waals surface area contributed by atoms with Gasteiger partial charge in [0.25, 0.3) is 0 Å². The Balaban J connectivity index is 1.02. The summed E-state index contributed by atoms with van der Waals surface area (Å²) in [5, 5.41) is 3.29. The monoisotopic (exact) mass is 720 g/mol. The molecule has 1 aliphatic carbocycles. The molecule has 2 heterocycles. The van der Waals surface area contributed by atoms with Crippen molar-refractivity contribution in [2.45, 2.75) is 6.42 Å². The highest BCUT2D eigenvalue weighted by molar-refractivity contribution is 6.12. The van der Waals surface area contributed by atoms with Crippen LogP contribution in [0.1, 0.15) is 11.1 Å². The average molecular weight is 721 g/mol. The molecule has 0 saturated heterocycles. The number of halogens is 4. The normalized spacial score (nSPS) is 12.3. The second-order valence-electron chi connectivity index (χ2n) is 14.3. The maximum atomic E-state index is 14.7. The lowest BCUT2D eigenvalue weighted by atomic mass is 9.95. The van der Waals surface area contributed by atoms with Crippen molar-refractivity contribution in [1.29, 1.82) is 0 Å². The molecule has 262 valence electrons. The maximum Gasteiger partial charge on any atom is 0.125 e. The van der Waals surface area contributed by atoms with Crippen molar-refractivity contribution >= 4 is 43.6 Å². The summed E-state index contributed by atoms with van der Waals surface area (Å²) < 4.78 is 62.0. The number of hydrogen-bond donors (Lipinski definition) is 0. The summed E-state index contributed by atoms with van der Waals surface area (Å²) in [5.74, 6) is -1.33. The van der Waals surface area contributed by atoms with Crippen LogP contribution in [-0.2, 0) is 6.42 Å². The van der Waals surface area contributed by atoms with Gasteiger partial charge in [0, 0.05) is 32.9 Å². The van der Waals surface area contributed by atoms with Gasteiger partial charge < -0.3 is 9.13 Å². The first-order valence-corrected chi connectivity index (χ1v) is 18.1. The van der Waals surface area contributed by atoms with E-state index in [9.17, 15) is 17.6 Å². The standard InChI is InChI=1S/C49H28F4N2/c50-34-3-1-5-38(24-34)54-46-15-11-30(22-42(46)44-26-36(52)13-17-48(44)54)28-7-9-32-19-33-10-8-29(21-41(33)40(32)20-28)31-12-16-47-43(23-31)45-27-37(53)14-18-49(45)55(47)39-6-2-4-35(51)25-39/h1-18,20-27H,19H2. The van der Waals surface area contributed by atoms with Gasteiger partial charge in [0.05, 0.1) is 22.1 Å². The molecule has 0 fully saturated rings. The zero-order valence-corrected chi connectivity index (χ0v) is 29.1. The first kappa shape index (κ1) is 31.6. The number of rotatable bonds is 4. The fourth-order valence-corrected chi connectivity index (χ4v) is 8.66. The van der Waals surface area contributed by atoms with Crippen LogP contribution in [0.3, 0.4) is 0 Å². The van der Waals surface area contributed by atoms with E-state index in [2.05, 4.69) is 60.7 Å². The highest BCUT2D eigenvalue weighted by Crippen LogP contribution is 2.43. The van der Waals surface area contributed by atoms with Crippen molar-refractivity contribution in [3.8, 4) is 44.8 Å². The molecular weight excluding hydrogens is 693 g/mol. The smallest absolute Gasteiger partial charge is 0.125 e. The Bertz CT molecular complexity index is 3030. The largest absolute Gasteiger partial charge is 0.309 e. The second kappa shape index (κ2) is 11.8. The molecular formula is C49H28F4N2. The van der Waals surface area contributed by atoms with E-state index in [1.165, 1.54) is 47.5 Å². The molecule has 11 rings (SSSR count). The summed E-state index contributed by atoms with van der Waals surface area (Å²) in [4.78, 5) is 0. The predicted octanol–water partition coefficient (Wildman–Crippen LogP) is 13.3. The molecule has 1 aliphatic rings. The summed E-state index contributed by atoms with van der Waals surface area (Å²) in [6.07, 6.45) is 0.824. The van der Waals surface area contributed by atoms with Gasteiger partial charge >= 0.3 is 0 Å². The van der Waals surface area contributed by atoms with Crippen LogP contribution in [0.25, 0.3) is 88.4 Å². The van der Waals surface area contributed by atoms with E-state index in [-0.39, 0.29) is 23.3 Å². The molecule has 0 amide bonds. The van der Waals surface area contributed by atoms with E-state index in [4.69, 9.17) is 0 Å². The SMILES string of the molecule is Fc1cccc(-n2c3ccc(F)cc3c3cc(-c4ccc5c(c4)-c4cc(-c6ccc7c(c6)c6cc(F)ccc6n7-c6cccc(F)c6)ccc4C5)ccc32)c1. The van der Waals surface area contributed by atoms with Crippen LogP contribution in [0.5, 0.6) is 0 Å². The molecule has 0 N–H and O–H groups in total. The summed E-state index contributed by atoms with van der Waals surface area (Å²) in [6.45, 7) is 0. The zero-order valence-electron chi connectivity index (χ0n) is 29.1. The van der Waals surface area contributed by atoms with Gasteiger partial charge in [-0.2, -0.15) is 0 Å². The lowest BCUT2D eigenvalue weighted by molar-refractivity contribution is 0.626. The third-order valence-corrected chi connectivity index (χ3v) is 11.1. The van der Waals surface area contributed by atoms with Crippen LogP contribution >= 0.6 is 0 Å². The highest BCUT2D eigenvalue weighted by atomic mass is 19.1. The van der Waals surface area contributed by atoms with Crippen molar-refractivity contribution in [1.82, 2.24) is 9.13 Å². The topological polar surface area (TPSA) is 9.86 Å².